The first-order chi connectivity index (χ1) is 6.64. The lowest BCUT2D eigenvalue weighted by Gasteiger charge is -2.51. The molecule has 2 N–H and O–H groups in total. The molecule has 0 saturated carbocycles. The van der Waals surface area contributed by atoms with E-state index < -0.39 is 29.3 Å². The second-order valence-electron chi connectivity index (χ2n) is 3.22. The largest absolute Gasteiger partial charge is 0.480 e. The van der Waals surface area contributed by atoms with Gasteiger partial charge >= 0.3 is 5.97 Å². The zero-order chi connectivity index (χ0) is 10.3. The molecule has 2 heterocycles. The van der Waals surface area contributed by atoms with Crippen LogP contribution in [0.5, 0.6) is 0 Å². The van der Waals surface area contributed by atoms with Crippen molar-refractivity contribution >= 4 is 23.6 Å². The number of thioether (sulfide) groups is 1. The highest BCUT2D eigenvalue weighted by molar-refractivity contribution is 8.00. The standard InChI is InChI=1S/C8H9NO4S/c10-4-8(7(12)13)5(11)9-2-1-3-14-6(8)9/h1-2,6,10H,3-4H2,(H,12,13)/t6-,8?/m0/s1. The van der Waals surface area contributed by atoms with E-state index in [0.717, 1.165) is 0 Å². The Morgan fingerprint density at radius 2 is 2.50 bits per heavy atom. The minimum absolute atomic E-state index is 0.456. The smallest absolute Gasteiger partial charge is 0.324 e. The molecule has 0 aromatic heterocycles. The normalized spacial score (nSPS) is 35.1. The van der Waals surface area contributed by atoms with Crippen molar-refractivity contribution in [2.75, 3.05) is 12.4 Å². The molecule has 2 rings (SSSR count). The van der Waals surface area contributed by atoms with E-state index in [1.807, 2.05) is 0 Å². The summed E-state index contributed by atoms with van der Waals surface area (Å²) in [5.74, 6) is -1.10. The Balaban J connectivity index is 2.34. The molecule has 0 aliphatic carbocycles. The van der Waals surface area contributed by atoms with Crippen LogP contribution in [0.25, 0.3) is 0 Å². The molecule has 14 heavy (non-hydrogen) atoms. The highest BCUT2D eigenvalue weighted by Gasteiger charge is 2.66. The molecular formula is C8H9NO4S. The van der Waals surface area contributed by atoms with Gasteiger partial charge in [0, 0.05) is 12.0 Å². The van der Waals surface area contributed by atoms with Crippen molar-refractivity contribution in [2.24, 2.45) is 5.41 Å². The molecular weight excluding hydrogens is 206 g/mol. The summed E-state index contributed by atoms with van der Waals surface area (Å²) in [5, 5.41) is 17.5. The van der Waals surface area contributed by atoms with Gasteiger partial charge in [-0.3, -0.25) is 9.59 Å². The van der Waals surface area contributed by atoms with Crippen molar-refractivity contribution in [1.29, 1.82) is 0 Å². The van der Waals surface area contributed by atoms with Crippen LogP contribution < -0.4 is 0 Å². The average Bonchev–Trinajstić information content (AvgIpc) is 2.18. The number of β-lactam (4-membered cyclic amide) rings is 1. The molecule has 2 aliphatic heterocycles. The number of carboxylic acids is 1. The molecule has 0 aromatic rings. The number of aliphatic carboxylic acids is 1. The number of fused-ring (bicyclic) bond motifs is 1. The van der Waals surface area contributed by atoms with Gasteiger partial charge in [-0.15, -0.1) is 11.8 Å². The lowest BCUT2D eigenvalue weighted by atomic mass is 9.79. The molecule has 5 nitrogen and oxygen atoms in total. The topological polar surface area (TPSA) is 77.8 Å². The first kappa shape index (κ1) is 9.54. The van der Waals surface area contributed by atoms with Crippen molar-refractivity contribution < 1.29 is 19.8 Å². The number of carbonyl (C=O) groups excluding carboxylic acids is 1. The van der Waals surface area contributed by atoms with Crippen molar-refractivity contribution in [1.82, 2.24) is 4.90 Å². The quantitative estimate of drug-likeness (QED) is 0.478. The number of carboxylic acid groups (broad SMARTS) is 1. The Hall–Kier alpha value is -1.01. The molecule has 0 spiro atoms. The zero-order valence-electron chi connectivity index (χ0n) is 7.21. The van der Waals surface area contributed by atoms with E-state index in [4.69, 9.17) is 10.2 Å². The van der Waals surface area contributed by atoms with E-state index in [-0.39, 0.29) is 0 Å². The van der Waals surface area contributed by atoms with Crippen molar-refractivity contribution in [3.63, 3.8) is 0 Å². The van der Waals surface area contributed by atoms with E-state index in [0.29, 0.717) is 5.75 Å². The van der Waals surface area contributed by atoms with Crippen LogP contribution in [0.15, 0.2) is 12.3 Å². The highest BCUT2D eigenvalue weighted by Crippen LogP contribution is 2.47. The van der Waals surface area contributed by atoms with Gasteiger partial charge in [0.05, 0.1) is 6.61 Å². The minimum atomic E-state index is -1.62. The fourth-order valence-electron chi connectivity index (χ4n) is 1.70. The number of nitrogens with zero attached hydrogens (tertiary/aromatic N) is 1. The fraction of sp³-hybridized carbons (Fsp3) is 0.500. The summed E-state index contributed by atoms with van der Waals surface area (Å²) in [4.78, 5) is 23.8. The predicted octanol–water partition coefficient (Wildman–Crippen LogP) is -0.522. The molecule has 0 radical (unpaired) electrons. The van der Waals surface area contributed by atoms with Gasteiger partial charge in [-0.05, 0) is 0 Å². The Morgan fingerprint density at radius 1 is 1.79 bits per heavy atom. The van der Waals surface area contributed by atoms with Gasteiger partial charge in [0.25, 0.3) is 5.91 Å². The summed E-state index contributed by atoms with van der Waals surface area (Å²) in [6.45, 7) is -0.636. The molecule has 0 aromatic carbocycles. The van der Waals surface area contributed by atoms with Crippen LogP contribution in [-0.2, 0) is 9.59 Å². The maximum absolute atomic E-state index is 11.5. The van der Waals surface area contributed by atoms with E-state index >= 15 is 0 Å². The fourth-order valence-corrected chi connectivity index (χ4v) is 2.96. The van der Waals surface area contributed by atoms with E-state index in [9.17, 15) is 9.59 Å². The molecule has 1 saturated heterocycles. The van der Waals surface area contributed by atoms with Gasteiger partial charge in [-0.25, -0.2) is 0 Å². The van der Waals surface area contributed by atoms with Gasteiger partial charge in [0.1, 0.15) is 5.37 Å². The summed E-state index contributed by atoms with van der Waals surface area (Å²) in [6, 6.07) is 0. The number of hydrogen-bond acceptors (Lipinski definition) is 4. The molecule has 1 amide bonds. The van der Waals surface area contributed by atoms with Gasteiger partial charge in [0.2, 0.25) is 0 Å². The first-order valence-electron chi connectivity index (χ1n) is 4.10. The van der Waals surface area contributed by atoms with Crippen LogP contribution >= 0.6 is 11.8 Å². The number of amides is 1. The van der Waals surface area contributed by atoms with Gasteiger partial charge in [-0.2, -0.15) is 0 Å². The van der Waals surface area contributed by atoms with Crippen LogP contribution in [0.3, 0.4) is 0 Å². The SMILES string of the molecule is O=C(O)C1(CO)C(=O)N2C=CCS[C@H]21. The van der Waals surface area contributed by atoms with E-state index in [1.54, 1.807) is 12.3 Å². The lowest BCUT2D eigenvalue weighted by Crippen LogP contribution is -2.71. The van der Waals surface area contributed by atoms with Gasteiger partial charge in [-0.1, -0.05) is 6.08 Å². The van der Waals surface area contributed by atoms with Crippen LogP contribution in [0, 0.1) is 5.41 Å². The lowest BCUT2D eigenvalue weighted by molar-refractivity contribution is -0.179. The summed E-state index contributed by atoms with van der Waals surface area (Å²) < 4.78 is 0. The first-order valence-corrected chi connectivity index (χ1v) is 5.15. The van der Waals surface area contributed by atoms with Crippen molar-refractivity contribution in [2.45, 2.75) is 5.37 Å². The highest BCUT2D eigenvalue weighted by atomic mass is 32.2. The van der Waals surface area contributed by atoms with Crippen LogP contribution in [0.2, 0.25) is 0 Å². The van der Waals surface area contributed by atoms with Gasteiger partial charge in [0.15, 0.2) is 5.41 Å². The Kier molecular flexibility index (Phi) is 2.04. The molecule has 0 bridgehead atoms. The predicted molar refractivity (Wildman–Crippen MR) is 49.4 cm³/mol. The van der Waals surface area contributed by atoms with Crippen molar-refractivity contribution in [3.05, 3.63) is 12.3 Å². The molecule has 1 unspecified atom stereocenters. The number of hydrogen-bond donors (Lipinski definition) is 2. The van der Waals surface area contributed by atoms with Crippen LogP contribution in [0.4, 0.5) is 0 Å². The number of carbonyl (C=O) groups is 2. The maximum Gasteiger partial charge on any atom is 0.324 e. The third-order valence-corrected chi connectivity index (χ3v) is 3.87. The third kappa shape index (κ3) is 0.896. The summed E-state index contributed by atoms with van der Waals surface area (Å²) in [7, 11) is 0. The monoisotopic (exact) mass is 215 g/mol. The summed E-state index contributed by atoms with van der Waals surface area (Å²) in [5.41, 5.74) is -1.62. The number of rotatable bonds is 2. The Labute approximate surface area is 84.4 Å². The second-order valence-corrected chi connectivity index (χ2v) is 4.33. The maximum atomic E-state index is 11.5. The van der Waals surface area contributed by atoms with Crippen LogP contribution in [-0.4, -0.2) is 44.7 Å². The minimum Gasteiger partial charge on any atom is -0.480 e. The Bertz CT molecular complexity index is 329. The second kappa shape index (κ2) is 2.99. The molecule has 6 heteroatoms. The molecule has 1 fully saturated rings. The van der Waals surface area contributed by atoms with E-state index in [1.165, 1.54) is 16.7 Å². The summed E-state index contributed by atoms with van der Waals surface area (Å²) >= 11 is 1.35. The molecule has 2 atom stereocenters. The van der Waals surface area contributed by atoms with Crippen molar-refractivity contribution in [3.8, 4) is 0 Å². The number of aliphatic hydroxyl groups excluding tert-OH is 1. The summed E-state index contributed by atoms with van der Waals surface area (Å²) in [6.07, 6.45) is 3.38. The zero-order valence-corrected chi connectivity index (χ0v) is 8.03. The van der Waals surface area contributed by atoms with E-state index in [2.05, 4.69) is 0 Å². The Morgan fingerprint density at radius 3 is 3.07 bits per heavy atom. The molecule has 76 valence electrons. The van der Waals surface area contributed by atoms with Gasteiger partial charge < -0.3 is 15.1 Å². The third-order valence-electron chi connectivity index (χ3n) is 2.54. The number of aliphatic hydroxyl groups is 1. The molecule has 2 aliphatic rings. The van der Waals surface area contributed by atoms with Crippen LogP contribution in [0.1, 0.15) is 0 Å². The average molecular weight is 215 g/mol.